The number of carbonyl (C=O) groups is 1. The van der Waals surface area contributed by atoms with Crippen LogP contribution in [0.2, 0.25) is 0 Å². The zero-order valence-electron chi connectivity index (χ0n) is 13.8. The number of hydrogen-bond donors (Lipinski definition) is 2. The number of aromatic nitrogens is 1. The van der Waals surface area contributed by atoms with Crippen LogP contribution in [-0.2, 0) is 11.3 Å². The van der Waals surface area contributed by atoms with Gasteiger partial charge >= 0.3 is 0 Å². The molecule has 0 spiro atoms. The van der Waals surface area contributed by atoms with Crippen molar-refractivity contribution in [2.24, 2.45) is 11.7 Å². The number of fused-ring (bicyclic) bond motifs is 1. The van der Waals surface area contributed by atoms with E-state index >= 15 is 0 Å². The maximum atomic E-state index is 12.4. The largest absolute Gasteiger partial charge is 0.352 e. The Balaban J connectivity index is 0.00000144. The predicted octanol–water partition coefficient (Wildman–Crippen LogP) is 3.60. The minimum absolute atomic E-state index is 0. The van der Waals surface area contributed by atoms with E-state index in [1.54, 1.807) is 0 Å². The normalized spacial score (nSPS) is 23.0. The van der Waals surface area contributed by atoms with Gasteiger partial charge < -0.3 is 11.1 Å². The van der Waals surface area contributed by atoms with Crippen LogP contribution in [0.1, 0.15) is 38.2 Å². The molecule has 6 heteroatoms. The molecule has 1 aliphatic carbocycles. The average molecular weight is 370 g/mol. The first-order chi connectivity index (χ1) is 10.6. The van der Waals surface area contributed by atoms with E-state index in [-0.39, 0.29) is 42.2 Å². The molecule has 0 aliphatic heterocycles. The Hall–Kier alpha value is -1.36. The van der Waals surface area contributed by atoms with Crippen molar-refractivity contribution in [1.82, 2.24) is 10.3 Å². The van der Waals surface area contributed by atoms with Crippen LogP contribution >= 0.6 is 24.8 Å². The number of nitrogens with one attached hydrogen (secondary N) is 1. The molecule has 1 saturated carbocycles. The minimum atomic E-state index is -0.385. The molecule has 1 aliphatic rings. The highest BCUT2D eigenvalue weighted by atomic mass is 35.5. The van der Waals surface area contributed by atoms with Gasteiger partial charge in [-0.25, -0.2) is 0 Å². The van der Waals surface area contributed by atoms with Gasteiger partial charge in [0.15, 0.2) is 0 Å². The lowest BCUT2D eigenvalue weighted by Gasteiger charge is -2.37. The first-order valence-corrected chi connectivity index (χ1v) is 7.96. The van der Waals surface area contributed by atoms with Crippen LogP contribution < -0.4 is 11.1 Å². The number of nitrogens with two attached hydrogens (primary N) is 1. The van der Waals surface area contributed by atoms with Crippen molar-refractivity contribution >= 4 is 41.6 Å². The van der Waals surface area contributed by atoms with Gasteiger partial charge in [0.1, 0.15) is 0 Å². The first-order valence-electron chi connectivity index (χ1n) is 7.96. The summed E-state index contributed by atoms with van der Waals surface area (Å²) in [5.41, 5.74) is 7.90. The van der Waals surface area contributed by atoms with Crippen LogP contribution in [0.4, 0.5) is 0 Å². The number of amides is 1. The van der Waals surface area contributed by atoms with Crippen LogP contribution in [0.5, 0.6) is 0 Å². The van der Waals surface area contributed by atoms with E-state index in [1.165, 1.54) is 0 Å². The Kier molecular flexibility index (Phi) is 7.46. The fourth-order valence-corrected chi connectivity index (χ4v) is 3.31. The fraction of sp³-hybridized carbons (Fsp3) is 0.444. The van der Waals surface area contributed by atoms with Gasteiger partial charge in [-0.05, 0) is 37.5 Å². The number of nitrogens with zero attached hydrogens (tertiary/aromatic N) is 1. The van der Waals surface area contributed by atoms with Gasteiger partial charge in [-0.3, -0.25) is 9.78 Å². The molecule has 0 radical (unpaired) electrons. The highest BCUT2D eigenvalue weighted by molar-refractivity contribution is 5.85. The molecule has 132 valence electrons. The number of halogens is 2. The molecular formula is C18H25Cl2N3O. The second-order valence-corrected chi connectivity index (χ2v) is 6.56. The summed E-state index contributed by atoms with van der Waals surface area (Å²) in [5.74, 6) is -0.0208. The van der Waals surface area contributed by atoms with Crippen molar-refractivity contribution in [3.05, 3.63) is 42.1 Å². The molecule has 2 unspecified atom stereocenters. The van der Waals surface area contributed by atoms with Crippen molar-refractivity contribution in [2.75, 3.05) is 0 Å². The van der Waals surface area contributed by atoms with Crippen LogP contribution in [0, 0.1) is 5.92 Å². The molecule has 1 heterocycles. The Labute approximate surface area is 155 Å². The number of pyridine rings is 1. The Morgan fingerprint density at radius 3 is 2.83 bits per heavy atom. The summed E-state index contributed by atoms with van der Waals surface area (Å²) < 4.78 is 0. The van der Waals surface area contributed by atoms with E-state index in [9.17, 15) is 4.79 Å². The van der Waals surface area contributed by atoms with Crippen LogP contribution in [0.15, 0.2) is 36.5 Å². The number of benzene rings is 1. The first kappa shape index (κ1) is 20.7. The molecule has 1 aromatic carbocycles. The van der Waals surface area contributed by atoms with Crippen LogP contribution in [0.3, 0.4) is 0 Å². The standard InChI is InChI=1S/C18H23N3O.2ClH/c1-18(19)9-5-4-7-15(18)17(22)21-12-13-10-14-6-2-3-8-16(14)20-11-13;;/h2-3,6,8,10-11,15H,4-5,7,9,12,19H2,1H3,(H,21,22);2*1H. The lowest BCUT2D eigenvalue weighted by molar-refractivity contribution is -0.128. The molecule has 2 aromatic rings. The summed E-state index contributed by atoms with van der Waals surface area (Å²) in [7, 11) is 0. The number of carbonyl (C=O) groups excluding carboxylic acids is 1. The van der Waals surface area contributed by atoms with Gasteiger partial charge in [0.25, 0.3) is 0 Å². The fourth-order valence-electron chi connectivity index (χ4n) is 3.31. The van der Waals surface area contributed by atoms with Crippen molar-refractivity contribution in [1.29, 1.82) is 0 Å². The van der Waals surface area contributed by atoms with Gasteiger partial charge in [0.2, 0.25) is 5.91 Å². The summed E-state index contributed by atoms with van der Waals surface area (Å²) in [5, 5.41) is 4.12. The van der Waals surface area contributed by atoms with E-state index in [1.807, 2.05) is 37.4 Å². The topological polar surface area (TPSA) is 68.0 Å². The molecule has 1 aromatic heterocycles. The van der Waals surface area contributed by atoms with E-state index in [0.717, 1.165) is 42.1 Å². The number of hydrogen-bond acceptors (Lipinski definition) is 3. The summed E-state index contributed by atoms with van der Waals surface area (Å²) in [6.07, 6.45) is 5.83. The Morgan fingerprint density at radius 1 is 1.33 bits per heavy atom. The molecule has 1 fully saturated rings. The zero-order valence-corrected chi connectivity index (χ0v) is 15.5. The lowest BCUT2D eigenvalue weighted by atomic mass is 9.74. The monoisotopic (exact) mass is 369 g/mol. The Bertz CT molecular complexity index is 691. The van der Waals surface area contributed by atoms with E-state index < -0.39 is 0 Å². The van der Waals surface area contributed by atoms with Crippen molar-refractivity contribution in [3.63, 3.8) is 0 Å². The highest BCUT2D eigenvalue weighted by Crippen LogP contribution is 2.31. The maximum Gasteiger partial charge on any atom is 0.225 e. The van der Waals surface area contributed by atoms with Crippen LogP contribution in [-0.4, -0.2) is 16.4 Å². The second-order valence-electron chi connectivity index (χ2n) is 6.56. The molecular weight excluding hydrogens is 345 g/mol. The van der Waals surface area contributed by atoms with Crippen molar-refractivity contribution in [3.8, 4) is 0 Å². The summed E-state index contributed by atoms with van der Waals surface area (Å²) >= 11 is 0. The lowest BCUT2D eigenvalue weighted by Crippen LogP contribution is -2.52. The predicted molar refractivity (Wildman–Crippen MR) is 103 cm³/mol. The molecule has 2 atom stereocenters. The van der Waals surface area contributed by atoms with Crippen molar-refractivity contribution < 1.29 is 4.79 Å². The molecule has 1 amide bonds. The minimum Gasteiger partial charge on any atom is -0.352 e. The molecule has 0 saturated heterocycles. The van der Waals surface area contributed by atoms with Crippen LogP contribution in [0.25, 0.3) is 10.9 Å². The quantitative estimate of drug-likeness (QED) is 0.868. The van der Waals surface area contributed by atoms with Gasteiger partial charge in [0, 0.05) is 23.7 Å². The van der Waals surface area contributed by atoms with E-state index in [2.05, 4.69) is 16.4 Å². The Morgan fingerprint density at radius 2 is 2.08 bits per heavy atom. The van der Waals surface area contributed by atoms with Gasteiger partial charge in [-0.1, -0.05) is 31.0 Å². The third-order valence-electron chi connectivity index (χ3n) is 4.68. The highest BCUT2D eigenvalue weighted by Gasteiger charge is 2.37. The van der Waals surface area contributed by atoms with Crippen molar-refractivity contribution in [2.45, 2.75) is 44.7 Å². The smallest absolute Gasteiger partial charge is 0.225 e. The maximum absolute atomic E-state index is 12.4. The zero-order chi connectivity index (χ0) is 15.6. The summed E-state index contributed by atoms with van der Waals surface area (Å²) in [6, 6.07) is 10.1. The molecule has 3 rings (SSSR count). The third kappa shape index (κ3) is 4.59. The SMILES string of the molecule is CC1(N)CCCCC1C(=O)NCc1cnc2ccccc2c1.Cl.Cl. The number of para-hydroxylation sites is 1. The molecule has 4 nitrogen and oxygen atoms in total. The second kappa shape index (κ2) is 8.65. The third-order valence-corrected chi connectivity index (χ3v) is 4.68. The van der Waals surface area contributed by atoms with E-state index in [0.29, 0.717) is 6.54 Å². The van der Waals surface area contributed by atoms with Gasteiger partial charge in [0.05, 0.1) is 11.4 Å². The molecule has 0 bridgehead atoms. The van der Waals surface area contributed by atoms with E-state index in [4.69, 9.17) is 5.73 Å². The molecule has 3 N–H and O–H groups in total. The number of rotatable bonds is 3. The van der Waals surface area contributed by atoms with Gasteiger partial charge in [-0.15, -0.1) is 24.8 Å². The van der Waals surface area contributed by atoms with Gasteiger partial charge in [-0.2, -0.15) is 0 Å². The summed E-state index contributed by atoms with van der Waals surface area (Å²) in [6.45, 7) is 2.50. The summed E-state index contributed by atoms with van der Waals surface area (Å²) in [4.78, 5) is 16.9. The average Bonchev–Trinajstić information content (AvgIpc) is 2.52. The molecule has 24 heavy (non-hydrogen) atoms.